The predicted octanol–water partition coefficient (Wildman–Crippen LogP) is 1.37. The molecule has 2 saturated heterocycles. The maximum Gasteiger partial charge on any atom is 0.292 e. The van der Waals surface area contributed by atoms with Crippen LogP contribution in [0.3, 0.4) is 0 Å². The molecule has 0 spiro atoms. The topological polar surface area (TPSA) is 79.2 Å². The minimum absolute atomic E-state index is 0.153. The van der Waals surface area contributed by atoms with Gasteiger partial charge in [-0.2, -0.15) is 4.31 Å². The molecule has 0 aliphatic carbocycles. The van der Waals surface area contributed by atoms with Gasteiger partial charge in [-0.25, -0.2) is 13.3 Å². The number of hydrogen-bond donors (Lipinski definition) is 1. The lowest BCUT2D eigenvalue weighted by atomic mass is 10.1. The summed E-state index contributed by atoms with van der Waals surface area (Å²) < 4.78 is 28.0. The highest BCUT2D eigenvalue weighted by Gasteiger charge is 2.47. The van der Waals surface area contributed by atoms with E-state index < -0.39 is 16.1 Å². The molecule has 5 rings (SSSR count). The lowest BCUT2D eigenvalue weighted by Gasteiger charge is -2.33. The minimum atomic E-state index is -3.63. The minimum Gasteiger partial charge on any atom is -0.322 e. The Morgan fingerprint density at radius 3 is 2.27 bits per heavy atom. The summed E-state index contributed by atoms with van der Waals surface area (Å²) in [5.74, 6) is -0.395. The number of sulfonamides is 1. The van der Waals surface area contributed by atoms with Crippen molar-refractivity contribution < 1.29 is 22.9 Å². The van der Waals surface area contributed by atoms with Crippen molar-refractivity contribution in [3.63, 3.8) is 0 Å². The van der Waals surface area contributed by atoms with E-state index >= 15 is 0 Å². The van der Waals surface area contributed by atoms with E-state index in [1.165, 1.54) is 9.21 Å². The molecule has 1 atom stereocenters. The summed E-state index contributed by atoms with van der Waals surface area (Å²) >= 11 is 0. The van der Waals surface area contributed by atoms with E-state index in [0.29, 0.717) is 31.9 Å². The number of piperazine rings is 1. The molecule has 0 bridgehead atoms. The molecular weight excluding hydrogens is 438 g/mol. The van der Waals surface area contributed by atoms with Crippen molar-refractivity contribution in [2.75, 3.05) is 31.1 Å². The zero-order valence-electron chi connectivity index (χ0n) is 18.4. The second-order valence-corrected chi connectivity index (χ2v) is 10.6. The number of rotatable bonds is 4. The third-order valence-electron chi connectivity index (χ3n) is 6.72. The van der Waals surface area contributed by atoms with E-state index in [-0.39, 0.29) is 23.1 Å². The van der Waals surface area contributed by atoms with Gasteiger partial charge in [-0.15, -0.1) is 0 Å². The van der Waals surface area contributed by atoms with Crippen molar-refractivity contribution in [3.05, 3.63) is 72.3 Å². The van der Waals surface area contributed by atoms with Gasteiger partial charge in [0.2, 0.25) is 15.9 Å². The molecule has 0 unspecified atom stereocenters. The maximum atomic E-state index is 13.2. The molecule has 1 N–H and O–H groups in total. The van der Waals surface area contributed by atoms with Gasteiger partial charge in [-0.05, 0) is 41.5 Å². The highest BCUT2D eigenvalue weighted by atomic mass is 32.2. The largest absolute Gasteiger partial charge is 0.322 e. The van der Waals surface area contributed by atoms with Crippen LogP contribution in [0.15, 0.2) is 71.6 Å². The van der Waals surface area contributed by atoms with Crippen LogP contribution in [0.4, 0.5) is 5.69 Å². The number of carbonyl (C=O) groups excluding carboxylic acids is 2. The van der Waals surface area contributed by atoms with E-state index in [0.717, 1.165) is 21.2 Å². The van der Waals surface area contributed by atoms with E-state index in [2.05, 4.69) is 0 Å². The fourth-order valence-corrected chi connectivity index (χ4v) is 6.33. The molecule has 33 heavy (non-hydrogen) atoms. The Bertz CT molecular complexity index is 1350. The summed E-state index contributed by atoms with van der Waals surface area (Å²) in [5, 5.41) is 1.88. The molecule has 0 saturated carbocycles. The molecule has 2 aliphatic rings. The third kappa shape index (κ3) is 3.84. The normalized spacial score (nSPS) is 20.6. The number of nitrogens with zero attached hydrogens (tertiary/aromatic N) is 2. The molecule has 0 radical (unpaired) electrons. The van der Waals surface area contributed by atoms with Crippen LogP contribution in [0.5, 0.6) is 0 Å². The van der Waals surface area contributed by atoms with Crippen molar-refractivity contribution in [1.29, 1.82) is 0 Å². The zero-order chi connectivity index (χ0) is 23.2. The number of para-hydroxylation sites is 1. The summed E-state index contributed by atoms with van der Waals surface area (Å²) in [6, 6.07) is 19.8. The molecule has 8 heteroatoms. The maximum absolute atomic E-state index is 13.2. The Hall–Kier alpha value is -3.07. The molecule has 2 fully saturated rings. The monoisotopic (exact) mass is 464 g/mol. The fraction of sp³-hybridized carbons (Fsp3) is 0.280. The molecule has 3 aromatic rings. The van der Waals surface area contributed by atoms with Gasteiger partial charge in [0.1, 0.15) is 0 Å². The number of imide groups is 1. The fourth-order valence-electron chi connectivity index (χ4n) is 4.86. The summed E-state index contributed by atoms with van der Waals surface area (Å²) in [7, 11) is -3.63. The highest BCUT2D eigenvalue weighted by molar-refractivity contribution is 7.89. The smallest absolute Gasteiger partial charge is 0.292 e. The molecule has 0 aromatic heterocycles. The Labute approximate surface area is 193 Å². The van der Waals surface area contributed by atoms with Gasteiger partial charge < -0.3 is 4.90 Å². The second-order valence-electron chi connectivity index (χ2n) is 8.68. The highest BCUT2D eigenvalue weighted by Crippen LogP contribution is 2.26. The first-order valence-corrected chi connectivity index (χ1v) is 12.6. The van der Waals surface area contributed by atoms with Crippen molar-refractivity contribution in [2.45, 2.75) is 24.3 Å². The van der Waals surface area contributed by atoms with E-state index in [4.69, 9.17) is 0 Å². The third-order valence-corrected chi connectivity index (χ3v) is 8.61. The zero-order valence-corrected chi connectivity index (χ0v) is 19.2. The first-order valence-electron chi connectivity index (χ1n) is 11.1. The SMILES string of the molecule is Cc1ccccc1N1C(=O)C[C@@H]([NH+]2CCN(S(=O)(=O)c3ccc4ccccc4c3)CC2)C1=O. The first kappa shape index (κ1) is 21.8. The van der Waals surface area contributed by atoms with Crippen LogP contribution in [0, 0.1) is 6.92 Å². The number of benzene rings is 3. The van der Waals surface area contributed by atoms with Gasteiger partial charge >= 0.3 is 0 Å². The van der Waals surface area contributed by atoms with Crippen molar-refractivity contribution >= 4 is 38.3 Å². The van der Waals surface area contributed by atoms with Crippen molar-refractivity contribution in [3.8, 4) is 0 Å². The first-order chi connectivity index (χ1) is 15.9. The number of amides is 2. The van der Waals surface area contributed by atoms with Gasteiger partial charge in [0, 0.05) is 0 Å². The van der Waals surface area contributed by atoms with Crippen LogP contribution in [0.2, 0.25) is 0 Å². The summed E-state index contributed by atoms with van der Waals surface area (Å²) in [6.07, 6.45) is 0.153. The number of anilines is 1. The van der Waals surface area contributed by atoms with Crippen molar-refractivity contribution in [2.24, 2.45) is 0 Å². The van der Waals surface area contributed by atoms with Gasteiger partial charge in [0.05, 0.1) is 43.2 Å². The molecule has 2 heterocycles. The number of carbonyl (C=O) groups is 2. The molecular formula is C25H26N3O4S+. The van der Waals surface area contributed by atoms with Crippen molar-refractivity contribution in [1.82, 2.24) is 4.31 Å². The van der Waals surface area contributed by atoms with Gasteiger partial charge in [0.15, 0.2) is 6.04 Å². The summed E-state index contributed by atoms with van der Waals surface area (Å²) in [5.41, 5.74) is 1.51. The van der Waals surface area contributed by atoms with E-state index in [1.54, 1.807) is 18.2 Å². The number of fused-ring (bicyclic) bond motifs is 1. The number of nitrogens with one attached hydrogen (secondary N) is 1. The Morgan fingerprint density at radius 1 is 0.879 bits per heavy atom. The van der Waals surface area contributed by atoms with Crippen LogP contribution >= 0.6 is 0 Å². The van der Waals surface area contributed by atoms with Crippen LogP contribution in [0.1, 0.15) is 12.0 Å². The molecule has 7 nitrogen and oxygen atoms in total. The lowest BCUT2D eigenvalue weighted by molar-refractivity contribution is -0.918. The summed E-state index contributed by atoms with van der Waals surface area (Å²) in [4.78, 5) is 28.4. The molecule has 170 valence electrons. The quantitative estimate of drug-likeness (QED) is 0.592. The molecule has 2 aliphatic heterocycles. The van der Waals surface area contributed by atoms with Crippen LogP contribution in [-0.4, -0.2) is 56.8 Å². The standard InChI is InChI=1S/C25H25N3O4S/c1-18-6-2-5-9-22(18)28-24(29)17-23(25(28)30)26-12-14-27(15-13-26)33(31,32)21-11-10-19-7-3-4-8-20(19)16-21/h2-11,16,23H,12-15,17H2,1H3/p+1/t23-/m1/s1. The molecule has 3 aromatic carbocycles. The van der Waals surface area contributed by atoms with Crippen LogP contribution < -0.4 is 9.80 Å². The van der Waals surface area contributed by atoms with Gasteiger partial charge in [-0.1, -0.05) is 48.5 Å². The van der Waals surface area contributed by atoms with Crippen LogP contribution in [0.25, 0.3) is 10.8 Å². The van der Waals surface area contributed by atoms with E-state index in [9.17, 15) is 18.0 Å². The number of aryl methyl sites for hydroxylation is 1. The van der Waals surface area contributed by atoms with E-state index in [1.807, 2.05) is 55.5 Å². The van der Waals surface area contributed by atoms with Gasteiger partial charge in [0.25, 0.3) is 5.91 Å². The Kier molecular flexibility index (Phi) is 5.52. The summed E-state index contributed by atoms with van der Waals surface area (Å²) in [6.45, 7) is 3.47. The Balaban J connectivity index is 1.30. The molecule has 2 amide bonds. The average molecular weight is 465 g/mol. The Morgan fingerprint density at radius 2 is 1.55 bits per heavy atom. The lowest BCUT2D eigenvalue weighted by Crippen LogP contribution is -3.19. The van der Waals surface area contributed by atoms with Gasteiger partial charge in [-0.3, -0.25) is 9.59 Å². The number of quaternary nitrogens is 1. The average Bonchev–Trinajstić information content (AvgIpc) is 3.13. The van der Waals surface area contributed by atoms with Crippen LogP contribution in [-0.2, 0) is 19.6 Å². The number of hydrogen-bond acceptors (Lipinski definition) is 4. The second kappa shape index (κ2) is 8.37. The predicted molar refractivity (Wildman–Crippen MR) is 125 cm³/mol.